The number of halogens is 2. The van der Waals surface area contributed by atoms with Crippen LogP contribution in [0, 0.1) is 23.5 Å². The lowest BCUT2D eigenvalue weighted by Crippen LogP contribution is -2.42. The van der Waals surface area contributed by atoms with Gasteiger partial charge in [0.05, 0.1) is 17.7 Å². The summed E-state index contributed by atoms with van der Waals surface area (Å²) in [4.78, 5) is 63.1. The number of hydrogen-bond acceptors (Lipinski definition) is 11. The molecule has 11 nitrogen and oxygen atoms in total. The maximum absolute atomic E-state index is 14.9. The summed E-state index contributed by atoms with van der Waals surface area (Å²) in [5.74, 6) is -2.82. The maximum atomic E-state index is 14.9. The van der Waals surface area contributed by atoms with Crippen LogP contribution in [-0.4, -0.2) is 58.1 Å². The number of fused-ring (bicyclic) bond motifs is 1. The van der Waals surface area contributed by atoms with Gasteiger partial charge in [0.25, 0.3) is 0 Å². The molecule has 14 heteroatoms. The Morgan fingerprint density at radius 1 is 1.02 bits per heavy atom. The van der Waals surface area contributed by atoms with Gasteiger partial charge >= 0.3 is 18.0 Å². The Hall–Kier alpha value is -4.46. The molecule has 52 heavy (non-hydrogen) atoms. The molecular formula is C38H46F2N4O7S. The number of carbonyl (C=O) groups is 4. The number of hydrogen-bond donors (Lipinski definition) is 1. The second-order valence-electron chi connectivity index (χ2n) is 15.6. The van der Waals surface area contributed by atoms with Gasteiger partial charge in [0, 0.05) is 49.4 Å². The largest absolute Gasteiger partial charge is 0.460 e. The predicted octanol–water partition coefficient (Wildman–Crippen LogP) is 8.00. The number of ether oxygens (including phenoxy) is 3. The monoisotopic (exact) mass is 740 g/mol. The van der Waals surface area contributed by atoms with E-state index < -0.39 is 52.3 Å². The molecule has 2 aliphatic rings. The average molecular weight is 741 g/mol. The molecule has 280 valence electrons. The van der Waals surface area contributed by atoms with Crippen LogP contribution in [0.2, 0.25) is 0 Å². The standard InChI is InChI=1S/C38H46F2N4O7S/c1-20-14-22(15-29(47)50-37(3,4)5)19-44(18-20)33-23(17-41-31-24(33)12-13-28(31)49-21(2)45)16-27(46)32-35(43-36(48)51-38(6,7)8)52-34(42-32)30-25(39)10-9-11-26(30)40/h9-11,17,20,22,28H,12-16,18-19H2,1-8H3,(H,43,48)/t20-,22-,28?/m1/s1. The molecule has 0 saturated carbocycles. The quantitative estimate of drug-likeness (QED) is 0.131. The van der Waals surface area contributed by atoms with Crippen LogP contribution in [0.5, 0.6) is 0 Å². The highest BCUT2D eigenvalue weighted by molar-refractivity contribution is 7.19. The minimum atomic E-state index is -0.871. The van der Waals surface area contributed by atoms with E-state index in [0.29, 0.717) is 37.2 Å². The third-order valence-electron chi connectivity index (χ3n) is 8.50. The number of carbonyl (C=O) groups excluding carboxylic acids is 4. The molecule has 5 rings (SSSR count). The van der Waals surface area contributed by atoms with Gasteiger partial charge < -0.3 is 19.1 Å². The van der Waals surface area contributed by atoms with Crippen LogP contribution in [0.4, 0.5) is 24.3 Å². The fraction of sp³-hybridized carbons (Fsp3) is 0.526. The Bertz CT molecular complexity index is 1850. The van der Waals surface area contributed by atoms with Crippen LogP contribution < -0.4 is 10.2 Å². The van der Waals surface area contributed by atoms with Crippen molar-refractivity contribution in [3.63, 3.8) is 0 Å². The summed E-state index contributed by atoms with van der Waals surface area (Å²) in [7, 11) is 0. The topological polar surface area (TPSA) is 137 Å². The van der Waals surface area contributed by atoms with Crippen LogP contribution >= 0.6 is 11.3 Å². The Labute approximate surface area is 306 Å². The van der Waals surface area contributed by atoms with Gasteiger partial charge in [-0.15, -0.1) is 0 Å². The summed E-state index contributed by atoms with van der Waals surface area (Å²) in [6, 6.07) is 3.40. The number of thiazole rings is 1. The van der Waals surface area contributed by atoms with Crippen LogP contribution in [0.3, 0.4) is 0 Å². The van der Waals surface area contributed by atoms with E-state index in [1.807, 2.05) is 20.8 Å². The third-order valence-corrected chi connectivity index (χ3v) is 9.49. The van der Waals surface area contributed by atoms with Crippen molar-refractivity contribution < 1.29 is 42.2 Å². The van der Waals surface area contributed by atoms with E-state index in [4.69, 9.17) is 14.2 Å². The number of piperidine rings is 1. The van der Waals surface area contributed by atoms with Gasteiger partial charge in [-0.2, -0.15) is 0 Å². The fourth-order valence-corrected chi connectivity index (χ4v) is 7.88. The number of aromatic nitrogens is 2. The van der Waals surface area contributed by atoms with Crippen molar-refractivity contribution in [2.24, 2.45) is 11.8 Å². The zero-order valence-electron chi connectivity index (χ0n) is 30.9. The summed E-state index contributed by atoms with van der Waals surface area (Å²) in [5, 5.41) is 2.41. The van der Waals surface area contributed by atoms with Crippen molar-refractivity contribution in [3.8, 4) is 10.6 Å². The molecule has 3 heterocycles. The number of rotatable bonds is 9. The van der Waals surface area contributed by atoms with E-state index in [1.165, 1.54) is 13.0 Å². The number of benzene rings is 1. The summed E-state index contributed by atoms with van der Waals surface area (Å²) in [6.07, 6.45) is 2.05. The molecule has 1 aromatic carbocycles. The Balaban J connectivity index is 1.54. The van der Waals surface area contributed by atoms with E-state index in [9.17, 15) is 28.0 Å². The lowest BCUT2D eigenvalue weighted by Gasteiger charge is -2.39. The summed E-state index contributed by atoms with van der Waals surface area (Å²) in [6.45, 7) is 15.1. The Morgan fingerprint density at radius 2 is 1.69 bits per heavy atom. The van der Waals surface area contributed by atoms with E-state index >= 15 is 0 Å². The molecule has 1 saturated heterocycles. The summed E-state index contributed by atoms with van der Waals surface area (Å²) >= 11 is 0.760. The van der Waals surface area contributed by atoms with Gasteiger partial charge in [0.2, 0.25) is 0 Å². The third kappa shape index (κ3) is 9.50. The first-order valence-electron chi connectivity index (χ1n) is 17.4. The molecule has 1 aliphatic carbocycles. The van der Waals surface area contributed by atoms with Gasteiger partial charge in [-0.05, 0) is 84.8 Å². The summed E-state index contributed by atoms with van der Waals surface area (Å²) in [5.41, 5.74) is 0.705. The number of anilines is 2. The van der Waals surface area contributed by atoms with E-state index in [1.54, 1.807) is 27.0 Å². The van der Waals surface area contributed by atoms with Crippen LogP contribution in [-0.2, 0) is 36.6 Å². The molecule has 0 radical (unpaired) electrons. The molecule has 2 aromatic heterocycles. The van der Waals surface area contributed by atoms with Crippen molar-refractivity contribution in [2.45, 2.75) is 105 Å². The molecule has 1 N–H and O–H groups in total. The zero-order chi connectivity index (χ0) is 38.1. The first-order valence-corrected chi connectivity index (χ1v) is 18.2. The van der Waals surface area contributed by atoms with Crippen LogP contribution in [0.1, 0.15) is 108 Å². The highest BCUT2D eigenvalue weighted by Crippen LogP contribution is 2.43. The SMILES string of the molecule is CC(=O)OC1CCc2c1ncc(CC(=O)c1nc(-c3c(F)cccc3F)sc1NC(=O)OC(C)(C)C)c2N1C[C@H](C)C[C@H](CC(=O)OC(C)(C)C)C1. The lowest BCUT2D eigenvalue weighted by molar-refractivity contribution is -0.156. The van der Waals surface area contributed by atoms with E-state index in [0.717, 1.165) is 41.1 Å². The molecule has 0 spiro atoms. The minimum absolute atomic E-state index is 0.0217. The second-order valence-corrected chi connectivity index (χ2v) is 16.6. The molecule has 3 atom stereocenters. The number of nitrogens with zero attached hydrogens (tertiary/aromatic N) is 3. The number of amides is 1. The van der Waals surface area contributed by atoms with Gasteiger partial charge in [0.15, 0.2) is 5.78 Å². The number of Topliss-reactive ketones (excluding diaryl/α,β-unsaturated/α-hetero) is 1. The maximum Gasteiger partial charge on any atom is 0.412 e. The van der Waals surface area contributed by atoms with Gasteiger partial charge in [0.1, 0.15) is 44.6 Å². The van der Waals surface area contributed by atoms with Gasteiger partial charge in [-0.25, -0.2) is 18.6 Å². The molecule has 0 bridgehead atoms. The molecule has 1 aliphatic heterocycles. The van der Waals surface area contributed by atoms with Crippen molar-refractivity contribution in [3.05, 3.63) is 58.5 Å². The molecule has 1 fully saturated rings. The normalized spacial score (nSPS) is 18.8. The highest BCUT2D eigenvalue weighted by atomic mass is 32.1. The van der Waals surface area contributed by atoms with Gasteiger partial charge in [-0.1, -0.05) is 24.3 Å². The van der Waals surface area contributed by atoms with Crippen molar-refractivity contribution in [2.75, 3.05) is 23.3 Å². The minimum Gasteiger partial charge on any atom is -0.460 e. The number of ketones is 1. The zero-order valence-corrected chi connectivity index (χ0v) is 31.7. The number of nitrogens with one attached hydrogen (secondary N) is 1. The number of pyridine rings is 1. The Morgan fingerprint density at radius 3 is 2.33 bits per heavy atom. The molecule has 1 amide bonds. The van der Waals surface area contributed by atoms with Crippen molar-refractivity contribution >= 4 is 45.8 Å². The molecule has 1 unspecified atom stereocenters. The van der Waals surface area contributed by atoms with Crippen LogP contribution in [0.25, 0.3) is 10.6 Å². The first kappa shape index (κ1) is 38.8. The smallest absolute Gasteiger partial charge is 0.412 e. The molecule has 3 aromatic rings. The molecular weight excluding hydrogens is 695 g/mol. The first-order chi connectivity index (χ1) is 24.3. The predicted molar refractivity (Wildman–Crippen MR) is 192 cm³/mol. The van der Waals surface area contributed by atoms with Crippen LogP contribution in [0.15, 0.2) is 24.4 Å². The van der Waals surface area contributed by atoms with Crippen molar-refractivity contribution in [1.29, 1.82) is 0 Å². The Kier molecular flexibility index (Phi) is 11.4. The van der Waals surface area contributed by atoms with Crippen molar-refractivity contribution in [1.82, 2.24) is 9.97 Å². The second kappa shape index (κ2) is 15.3. The van der Waals surface area contributed by atoms with Gasteiger partial charge in [-0.3, -0.25) is 24.7 Å². The highest BCUT2D eigenvalue weighted by Gasteiger charge is 2.36. The lowest BCUT2D eigenvalue weighted by atomic mass is 9.87. The summed E-state index contributed by atoms with van der Waals surface area (Å²) < 4.78 is 46.4. The fourth-order valence-electron chi connectivity index (χ4n) is 6.86. The average Bonchev–Trinajstić information content (AvgIpc) is 3.58. The number of esters is 2. The van der Waals surface area contributed by atoms with E-state index in [2.05, 4.69) is 27.1 Å². The van der Waals surface area contributed by atoms with E-state index in [-0.39, 0.29) is 46.3 Å².